The van der Waals surface area contributed by atoms with Crippen molar-refractivity contribution in [3.05, 3.63) is 42.0 Å². The van der Waals surface area contributed by atoms with E-state index in [2.05, 4.69) is 30.8 Å². The molecule has 5 heteroatoms. The highest BCUT2D eigenvalue weighted by atomic mass is 16.5. The van der Waals surface area contributed by atoms with Crippen molar-refractivity contribution in [2.45, 2.75) is 45.1 Å². The molecule has 0 aliphatic heterocycles. The summed E-state index contributed by atoms with van der Waals surface area (Å²) in [7, 11) is 0. The fourth-order valence-corrected chi connectivity index (χ4v) is 2.66. The first-order chi connectivity index (χ1) is 13.9. The maximum Gasteiger partial charge on any atom is 0.0716 e. The highest BCUT2D eigenvalue weighted by Gasteiger charge is 1.96. The zero-order valence-electron chi connectivity index (χ0n) is 17.3. The summed E-state index contributed by atoms with van der Waals surface area (Å²) in [5.41, 5.74) is 2.36. The minimum atomic E-state index is 0.0580. The lowest BCUT2D eigenvalue weighted by Crippen LogP contribution is -2.11. The average Bonchev–Trinajstić information content (AvgIpc) is 2.73. The third-order valence-corrected chi connectivity index (χ3v) is 4.29. The van der Waals surface area contributed by atoms with Crippen LogP contribution in [0.3, 0.4) is 0 Å². The van der Waals surface area contributed by atoms with E-state index < -0.39 is 0 Å². The van der Waals surface area contributed by atoms with Crippen molar-refractivity contribution < 1.29 is 24.1 Å². The maximum atomic E-state index is 8.55. The number of rotatable bonds is 20. The molecule has 0 saturated heterocycles. The van der Waals surface area contributed by atoms with E-state index in [0.717, 1.165) is 31.6 Å². The number of ether oxygens (including phenoxy) is 4. The fourth-order valence-electron chi connectivity index (χ4n) is 2.66. The molecule has 0 radical (unpaired) electrons. The summed E-state index contributed by atoms with van der Waals surface area (Å²) in [6, 6.07) is 8.33. The first-order valence-electron chi connectivity index (χ1n) is 10.5. The van der Waals surface area contributed by atoms with Gasteiger partial charge in [-0.2, -0.15) is 0 Å². The molecule has 0 saturated carbocycles. The van der Waals surface area contributed by atoms with Crippen molar-refractivity contribution in [1.29, 1.82) is 0 Å². The summed E-state index contributed by atoms with van der Waals surface area (Å²) < 4.78 is 21.7. The zero-order valence-corrected chi connectivity index (χ0v) is 17.3. The van der Waals surface area contributed by atoms with Crippen molar-refractivity contribution >= 4 is 6.08 Å². The van der Waals surface area contributed by atoms with Gasteiger partial charge in [0.05, 0.1) is 46.2 Å². The number of hydrogen-bond donors (Lipinski definition) is 1. The van der Waals surface area contributed by atoms with Crippen LogP contribution in [0.15, 0.2) is 30.8 Å². The summed E-state index contributed by atoms with van der Waals surface area (Å²) >= 11 is 0. The average molecular weight is 395 g/mol. The van der Waals surface area contributed by atoms with E-state index in [1.54, 1.807) is 0 Å². The molecule has 1 N–H and O–H groups in total. The van der Waals surface area contributed by atoms with Gasteiger partial charge in [0, 0.05) is 13.2 Å². The number of unbranched alkanes of at least 4 members (excludes halogenated alkanes) is 5. The minimum Gasteiger partial charge on any atom is -0.394 e. The van der Waals surface area contributed by atoms with Gasteiger partial charge in [0.1, 0.15) is 0 Å². The molecule has 160 valence electrons. The van der Waals surface area contributed by atoms with Crippen LogP contribution >= 0.6 is 0 Å². The van der Waals surface area contributed by atoms with Crippen LogP contribution in [0.5, 0.6) is 0 Å². The van der Waals surface area contributed by atoms with E-state index in [1.165, 1.54) is 31.2 Å². The summed E-state index contributed by atoms with van der Waals surface area (Å²) in [6.07, 6.45) is 9.04. The standard InChI is InChI=1S/C23H38O5/c1-2-22-9-11-23(12-10-22)21-28-15-8-6-4-3-5-7-14-25-17-19-27-20-18-26-16-13-24/h2,9-12,24H,1,3-8,13-21H2. The van der Waals surface area contributed by atoms with Crippen LogP contribution in [-0.2, 0) is 25.6 Å². The van der Waals surface area contributed by atoms with Gasteiger partial charge >= 0.3 is 0 Å². The van der Waals surface area contributed by atoms with Crippen molar-refractivity contribution in [3.8, 4) is 0 Å². The van der Waals surface area contributed by atoms with Crippen LogP contribution in [0.2, 0.25) is 0 Å². The second-order valence-corrected chi connectivity index (χ2v) is 6.68. The predicted octanol–water partition coefficient (Wildman–Crippen LogP) is 4.23. The highest BCUT2D eigenvalue weighted by molar-refractivity contribution is 5.47. The Morgan fingerprint density at radius 2 is 1.14 bits per heavy atom. The monoisotopic (exact) mass is 394 g/mol. The SMILES string of the molecule is C=Cc1ccc(COCCCCCCCCOCCOCCOCCO)cc1. The van der Waals surface area contributed by atoms with Crippen LogP contribution in [-0.4, -0.2) is 58.0 Å². The van der Waals surface area contributed by atoms with Crippen LogP contribution in [0.1, 0.15) is 49.7 Å². The molecule has 0 unspecified atom stereocenters. The molecule has 0 aliphatic rings. The smallest absolute Gasteiger partial charge is 0.0716 e. The summed E-state index contributed by atoms with van der Waals surface area (Å²) in [5, 5.41) is 8.55. The molecule has 0 atom stereocenters. The number of aliphatic hydroxyl groups is 1. The normalized spacial score (nSPS) is 11.0. The van der Waals surface area contributed by atoms with Gasteiger partial charge in [-0.25, -0.2) is 0 Å². The molecule has 0 aliphatic carbocycles. The molecule has 0 spiro atoms. The number of hydrogen-bond acceptors (Lipinski definition) is 5. The Morgan fingerprint density at radius 1 is 0.643 bits per heavy atom. The fraction of sp³-hybridized carbons (Fsp3) is 0.652. The van der Waals surface area contributed by atoms with E-state index in [-0.39, 0.29) is 6.61 Å². The number of benzene rings is 1. The van der Waals surface area contributed by atoms with Gasteiger partial charge in [0.15, 0.2) is 0 Å². The second kappa shape index (κ2) is 19.1. The van der Waals surface area contributed by atoms with Gasteiger partial charge in [-0.3, -0.25) is 0 Å². The van der Waals surface area contributed by atoms with E-state index in [9.17, 15) is 0 Å². The minimum absolute atomic E-state index is 0.0580. The van der Waals surface area contributed by atoms with Crippen LogP contribution in [0.4, 0.5) is 0 Å². The lowest BCUT2D eigenvalue weighted by atomic mass is 10.1. The largest absolute Gasteiger partial charge is 0.394 e. The molecular formula is C23H38O5. The van der Waals surface area contributed by atoms with Crippen molar-refractivity contribution in [2.24, 2.45) is 0 Å². The molecule has 0 fully saturated rings. The Bertz CT molecular complexity index is 461. The molecule has 5 nitrogen and oxygen atoms in total. The molecule has 1 rings (SSSR count). The maximum absolute atomic E-state index is 8.55. The lowest BCUT2D eigenvalue weighted by molar-refractivity contribution is 0.00719. The van der Waals surface area contributed by atoms with E-state index in [0.29, 0.717) is 39.6 Å². The first-order valence-corrected chi connectivity index (χ1v) is 10.5. The van der Waals surface area contributed by atoms with Gasteiger partial charge in [-0.15, -0.1) is 0 Å². The summed E-state index contributed by atoms with van der Waals surface area (Å²) in [4.78, 5) is 0. The Morgan fingerprint density at radius 3 is 1.71 bits per heavy atom. The molecule has 0 heterocycles. The highest BCUT2D eigenvalue weighted by Crippen LogP contribution is 2.09. The Hall–Kier alpha value is -1.24. The van der Waals surface area contributed by atoms with E-state index in [1.807, 2.05) is 6.08 Å². The van der Waals surface area contributed by atoms with Gasteiger partial charge in [-0.1, -0.05) is 62.6 Å². The van der Waals surface area contributed by atoms with Crippen LogP contribution in [0, 0.1) is 0 Å². The Balaban J connectivity index is 1.74. The third-order valence-electron chi connectivity index (χ3n) is 4.29. The predicted molar refractivity (Wildman–Crippen MR) is 113 cm³/mol. The third kappa shape index (κ3) is 14.8. The quantitative estimate of drug-likeness (QED) is 0.335. The van der Waals surface area contributed by atoms with Gasteiger partial charge in [-0.05, 0) is 24.0 Å². The zero-order chi connectivity index (χ0) is 20.1. The molecular weight excluding hydrogens is 356 g/mol. The molecule has 0 amide bonds. The lowest BCUT2D eigenvalue weighted by Gasteiger charge is -2.07. The molecule has 0 bridgehead atoms. The van der Waals surface area contributed by atoms with E-state index >= 15 is 0 Å². The van der Waals surface area contributed by atoms with Crippen LogP contribution < -0.4 is 0 Å². The number of aliphatic hydroxyl groups excluding tert-OH is 1. The summed E-state index contributed by atoms with van der Waals surface area (Å²) in [5.74, 6) is 0. The molecule has 1 aromatic rings. The van der Waals surface area contributed by atoms with Gasteiger partial charge in [0.2, 0.25) is 0 Å². The van der Waals surface area contributed by atoms with Crippen molar-refractivity contribution in [3.63, 3.8) is 0 Å². The molecule has 1 aromatic carbocycles. The Kier molecular flexibility index (Phi) is 16.9. The second-order valence-electron chi connectivity index (χ2n) is 6.68. The van der Waals surface area contributed by atoms with Crippen molar-refractivity contribution in [2.75, 3.05) is 52.9 Å². The summed E-state index contributed by atoms with van der Waals surface area (Å²) in [6.45, 7) is 8.82. The van der Waals surface area contributed by atoms with Gasteiger partial charge in [0.25, 0.3) is 0 Å². The van der Waals surface area contributed by atoms with Gasteiger partial charge < -0.3 is 24.1 Å². The van der Waals surface area contributed by atoms with Crippen LogP contribution in [0.25, 0.3) is 6.08 Å². The Labute approximate surface area is 170 Å². The first kappa shape index (κ1) is 24.8. The van der Waals surface area contributed by atoms with E-state index in [4.69, 9.17) is 24.1 Å². The van der Waals surface area contributed by atoms with Crippen molar-refractivity contribution in [1.82, 2.24) is 0 Å². The molecule has 28 heavy (non-hydrogen) atoms. The topological polar surface area (TPSA) is 57.2 Å². The molecule has 0 aromatic heterocycles.